The normalized spacial score (nSPS) is 19.3. The lowest BCUT2D eigenvalue weighted by Gasteiger charge is -2.22. The van der Waals surface area contributed by atoms with Gasteiger partial charge in [0.1, 0.15) is 16.9 Å². The van der Waals surface area contributed by atoms with Gasteiger partial charge in [-0.1, -0.05) is 0 Å². The molecule has 0 radical (unpaired) electrons. The van der Waals surface area contributed by atoms with Crippen LogP contribution in [0, 0.1) is 6.92 Å². The Morgan fingerprint density at radius 1 is 1.61 bits per heavy atom. The predicted octanol–water partition coefficient (Wildman–Crippen LogP) is 1.30. The Labute approximate surface area is 110 Å². The van der Waals surface area contributed by atoms with Crippen LogP contribution in [-0.4, -0.2) is 35.6 Å². The zero-order valence-corrected chi connectivity index (χ0v) is 11.3. The molecule has 18 heavy (non-hydrogen) atoms. The Hall–Kier alpha value is -1.43. The van der Waals surface area contributed by atoms with Gasteiger partial charge in [0, 0.05) is 20.0 Å². The summed E-state index contributed by atoms with van der Waals surface area (Å²) in [5.41, 5.74) is 0. The number of hydrogen-bond acceptors (Lipinski definition) is 4. The molecule has 0 saturated carbocycles. The second kappa shape index (κ2) is 5.48. The average molecular weight is 268 g/mol. The minimum Gasteiger partial charge on any atom is -0.463 e. The van der Waals surface area contributed by atoms with Gasteiger partial charge >= 0.3 is 0 Å². The first kappa shape index (κ1) is 13.0. The highest BCUT2D eigenvalue weighted by Crippen LogP contribution is 2.38. The number of nitrogens with zero attached hydrogens (tertiary/aromatic N) is 1. The highest BCUT2D eigenvalue weighted by Gasteiger charge is 2.34. The molecule has 98 valence electrons. The fraction of sp³-hybridized carbons (Fsp3) is 0.500. The minimum atomic E-state index is -0.0836. The van der Waals surface area contributed by atoms with Crippen LogP contribution in [0.4, 0.5) is 0 Å². The molecule has 1 aromatic rings. The molecule has 0 bridgehead atoms. The molecule has 1 aliphatic rings. The maximum Gasteiger partial charge on any atom is 0.233 e. The van der Waals surface area contributed by atoms with E-state index in [1.807, 2.05) is 19.1 Å². The number of thioether (sulfide) groups is 1. The van der Waals surface area contributed by atoms with E-state index in [0.717, 1.165) is 11.5 Å². The quantitative estimate of drug-likeness (QED) is 0.894. The van der Waals surface area contributed by atoms with E-state index in [2.05, 4.69) is 5.32 Å². The lowest BCUT2D eigenvalue weighted by molar-refractivity contribution is -0.128. The first-order valence-corrected chi connectivity index (χ1v) is 6.84. The summed E-state index contributed by atoms with van der Waals surface area (Å²) in [6.07, 6.45) is 0. The van der Waals surface area contributed by atoms with Gasteiger partial charge < -0.3 is 14.6 Å². The van der Waals surface area contributed by atoms with Gasteiger partial charge in [-0.05, 0) is 19.1 Å². The van der Waals surface area contributed by atoms with E-state index < -0.39 is 0 Å². The largest absolute Gasteiger partial charge is 0.463 e. The molecule has 0 aromatic carbocycles. The number of furan rings is 1. The van der Waals surface area contributed by atoms with Crippen LogP contribution in [0.5, 0.6) is 0 Å². The summed E-state index contributed by atoms with van der Waals surface area (Å²) < 4.78 is 5.57. The number of carbonyl (C=O) groups is 2. The van der Waals surface area contributed by atoms with Crippen molar-refractivity contribution in [1.29, 1.82) is 0 Å². The van der Waals surface area contributed by atoms with Crippen molar-refractivity contribution >= 4 is 23.6 Å². The van der Waals surface area contributed by atoms with Crippen molar-refractivity contribution in [2.45, 2.75) is 19.2 Å². The van der Waals surface area contributed by atoms with Crippen molar-refractivity contribution in [2.75, 3.05) is 18.8 Å². The van der Waals surface area contributed by atoms with Crippen LogP contribution in [0.1, 0.15) is 23.8 Å². The molecule has 5 nitrogen and oxygen atoms in total. The van der Waals surface area contributed by atoms with Gasteiger partial charge in [0.25, 0.3) is 0 Å². The van der Waals surface area contributed by atoms with E-state index in [4.69, 9.17) is 4.42 Å². The van der Waals surface area contributed by atoms with Gasteiger partial charge in [0.15, 0.2) is 0 Å². The van der Waals surface area contributed by atoms with Gasteiger partial charge in [-0.2, -0.15) is 0 Å². The van der Waals surface area contributed by atoms with Gasteiger partial charge in [0.05, 0.1) is 5.75 Å². The average Bonchev–Trinajstić information content (AvgIpc) is 2.86. The minimum absolute atomic E-state index is 0.0695. The standard InChI is InChI=1S/C12H16N2O3S/c1-8-3-4-10(17-8)12-14(11(16)7-18-12)6-5-13-9(2)15/h3-4,12H,5-7H2,1-2H3,(H,13,15). The maximum atomic E-state index is 11.8. The third kappa shape index (κ3) is 2.87. The van der Waals surface area contributed by atoms with Crippen LogP contribution < -0.4 is 5.32 Å². The van der Waals surface area contributed by atoms with E-state index in [0.29, 0.717) is 18.8 Å². The molecule has 1 saturated heterocycles. The number of amides is 2. The Morgan fingerprint density at radius 2 is 2.39 bits per heavy atom. The maximum absolute atomic E-state index is 11.8. The van der Waals surface area contributed by atoms with Gasteiger partial charge in [-0.25, -0.2) is 0 Å². The first-order valence-electron chi connectivity index (χ1n) is 5.80. The topological polar surface area (TPSA) is 62.6 Å². The van der Waals surface area contributed by atoms with E-state index in [9.17, 15) is 9.59 Å². The molecule has 6 heteroatoms. The number of aryl methyl sites for hydroxylation is 1. The number of nitrogens with one attached hydrogen (secondary N) is 1. The highest BCUT2D eigenvalue weighted by atomic mass is 32.2. The third-order valence-corrected chi connectivity index (χ3v) is 3.92. The summed E-state index contributed by atoms with van der Waals surface area (Å²) in [6, 6.07) is 3.79. The van der Waals surface area contributed by atoms with Crippen molar-refractivity contribution in [1.82, 2.24) is 10.2 Å². The highest BCUT2D eigenvalue weighted by molar-refractivity contribution is 8.00. The fourth-order valence-corrected chi connectivity index (χ4v) is 3.03. The fourth-order valence-electron chi connectivity index (χ4n) is 1.87. The lowest BCUT2D eigenvalue weighted by Crippen LogP contribution is -2.36. The summed E-state index contributed by atoms with van der Waals surface area (Å²) >= 11 is 1.55. The molecule has 2 rings (SSSR count). The zero-order valence-electron chi connectivity index (χ0n) is 10.4. The summed E-state index contributed by atoms with van der Waals surface area (Å²) in [4.78, 5) is 24.4. The van der Waals surface area contributed by atoms with Crippen LogP contribution in [0.15, 0.2) is 16.5 Å². The molecule has 1 aliphatic heterocycles. The second-order valence-corrected chi connectivity index (χ2v) is 5.25. The van der Waals surface area contributed by atoms with Crippen molar-refractivity contribution in [3.8, 4) is 0 Å². The van der Waals surface area contributed by atoms with Crippen molar-refractivity contribution < 1.29 is 14.0 Å². The lowest BCUT2D eigenvalue weighted by atomic mass is 10.3. The van der Waals surface area contributed by atoms with E-state index in [-0.39, 0.29) is 17.2 Å². The molecule has 1 unspecified atom stereocenters. The van der Waals surface area contributed by atoms with E-state index in [1.54, 1.807) is 16.7 Å². The van der Waals surface area contributed by atoms with Crippen LogP contribution in [-0.2, 0) is 9.59 Å². The van der Waals surface area contributed by atoms with Gasteiger partial charge in [-0.15, -0.1) is 11.8 Å². The Bertz CT molecular complexity index is 458. The third-order valence-electron chi connectivity index (χ3n) is 2.70. The van der Waals surface area contributed by atoms with Crippen LogP contribution in [0.25, 0.3) is 0 Å². The van der Waals surface area contributed by atoms with Crippen LogP contribution in [0.2, 0.25) is 0 Å². The molecule has 2 amide bonds. The Balaban J connectivity index is 2.01. The van der Waals surface area contributed by atoms with Crippen molar-refractivity contribution in [2.24, 2.45) is 0 Å². The van der Waals surface area contributed by atoms with Crippen LogP contribution >= 0.6 is 11.8 Å². The summed E-state index contributed by atoms with van der Waals surface area (Å²) in [5.74, 6) is 2.10. The molecule has 1 atom stereocenters. The number of hydrogen-bond donors (Lipinski definition) is 1. The Morgan fingerprint density at radius 3 is 3.00 bits per heavy atom. The summed E-state index contributed by atoms with van der Waals surface area (Å²) in [7, 11) is 0. The summed E-state index contributed by atoms with van der Waals surface area (Å²) in [6.45, 7) is 4.33. The molecular formula is C12H16N2O3S. The Kier molecular flexibility index (Phi) is 3.96. The molecule has 0 spiro atoms. The summed E-state index contributed by atoms with van der Waals surface area (Å²) in [5, 5.41) is 2.63. The predicted molar refractivity (Wildman–Crippen MR) is 69.0 cm³/mol. The molecule has 1 aromatic heterocycles. The molecular weight excluding hydrogens is 252 g/mol. The smallest absolute Gasteiger partial charge is 0.233 e. The van der Waals surface area contributed by atoms with Crippen molar-refractivity contribution in [3.63, 3.8) is 0 Å². The first-order chi connectivity index (χ1) is 8.58. The van der Waals surface area contributed by atoms with Gasteiger partial charge in [-0.3, -0.25) is 9.59 Å². The molecule has 1 N–H and O–H groups in total. The van der Waals surface area contributed by atoms with Crippen molar-refractivity contribution in [3.05, 3.63) is 23.7 Å². The number of rotatable bonds is 4. The SMILES string of the molecule is CC(=O)NCCN1C(=O)CSC1c1ccc(C)o1. The van der Waals surface area contributed by atoms with Crippen LogP contribution in [0.3, 0.4) is 0 Å². The molecule has 2 heterocycles. The number of carbonyl (C=O) groups excluding carboxylic acids is 2. The zero-order chi connectivity index (χ0) is 13.1. The molecule has 1 fully saturated rings. The molecule has 0 aliphatic carbocycles. The van der Waals surface area contributed by atoms with E-state index in [1.165, 1.54) is 6.92 Å². The monoisotopic (exact) mass is 268 g/mol. The van der Waals surface area contributed by atoms with Gasteiger partial charge in [0.2, 0.25) is 11.8 Å². The second-order valence-electron chi connectivity index (χ2n) is 4.18. The van der Waals surface area contributed by atoms with E-state index >= 15 is 0 Å².